The van der Waals surface area contributed by atoms with Gasteiger partial charge >= 0.3 is 5.69 Å². The molecule has 4 aromatic rings. The van der Waals surface area contributed by atoms with Crippen LogP contribution in [-0.2, 0) is 4.79 Å². The van der Waals surface area contributed by atoms with Gasteiger partial charge in [0.25, 0.3) is 5.22 Å². The molecule has 1 atom stereocenters. The molecule has 0 saturated heterocycles. The molecule has 2 heterocycles. The zero-order valence-corrected chi connectivity index (χ0v) is 16.0. The lowest BCUT2D eigenvalue weighted by Gasteiger charge is -2.09. The first-order valence-electron chi connectivity index (χ1n) is 8.58. The van der Waals surface area contributed by atoms with Crippen LogP contribution in [-0.4, -0.2) is 31.3 Å². The van der Waals surface area contributed by atoms with Crippen molar-refractivity contribution in [3.05, 3.63) is 58.5 Å². The summed E-state index contributed by atoms with van der Waals surface area (Å²) >= 11 is 1.18. The molecule has 0 bridgehead atoms. The largest absolute Gasteiger partial charge is 0.411 e. The zero-order valence-electron chi connectivity index (χ0n) is 15.1. The van der Waals surface area contributed by atoms with Crippen molar-refractivity contribution in [2.24, 2.45) is 0 Å². The molecule has 0 fully saturated rings. The highest BCUT2D eigenvalue weighted by atomic mass is 32.2. The third-order valence-electron chi connectivity index (χ3n) is 4.21. The molecule has 0 spiro atoms. The summed E-state index contributed by atoms with van der Waals surface area (Å²) in [4.78, 5) is 29.1. The third-order valence-corrected chi connectivity index (χ3v) is 5.15. The number of hydrogen-bond donors (Lipinski definition) is 3. The van der Waals surface area contributed by atoms with E-state index in [4.69, 9.17) is 4.42 Å². The predicted molar refractivity (Wildman–Crippen MR) is 107 cm³/mol. The summed E-state index contributed by atoms with van der Waals surface area (Å²) in [5.41, 5.74) is 3.51. The van der Waals surface area contributed by atoms with Crippen LogP contribution in [0.2, 0.25) is 0 Å². The van der Waals surface area contributed by atoms with Gasteiger partial charge in [-0.15, -0.1) is 10.2 Å². The van der Waals surface area contributed by atoms with Crippen molar-refractivity contribution >= 4 is 34.4 Å². The molecule has 0 aliphatic carbocycles. The second kappa shape index (κ2) is 7.35. The van der Waals surface area contributed by atoms with Crippen molar-refractivity contribution in [3.8, 4) is 11.5 Å². The van der Waals surface area contributed by atoms with Gasteiger partial charge in [-0.1, -0.05) is 30.0 Å². The number of amides is 1. The smallest absolute Gasteiger partial charge is 0.323 e. The average Bonchev–Trinajstić information content (AvgIpc) is 3.27. The van der Waals surface area contributed by atoms with E-state index in [1.165, 1.54) is 11.8 Å². The number of hydrogen-bond acceptors (Lipinski definition) is 6. The molecule has 28 heavy (non-hydrogen) atoms. The summed E-state index contributed by atoms with van der Waals surface area (Å²) in [6, 6.07) is 12.9. The van der Waals surface area contributed by atoms with Crippen molar-refractivity contribution in [1.82, 2.24) is 20.2 Å². The maximum absolute atomic E-state index is 12.5. The quantitative estimate of drug-likeness (QED) is 0.446. The number of rotatable bonds is 5. The number of carbonyl (C=O) groups is 1. The average molecular weight is 395 g/mol. The van der Waals surface area contributed by atoms with E-state index in [0.717, 1.165) is 11.1 Å². The Bertz CT molecular complexity index is 1210. The van der Waals surface area contributed by atoms with Gasteiger partial charge in [0.15, 0.2) is 0 Å². The summed E-state index contributed by atoms with van der Waals surface area (Å²) in [6.45, 7) is 3.73. The second-order valence-corrected chi connectivity index (χ2v) is 7.57. The number of thioether (sulfide) groups is 1. The number of carbonyl (C=O) groups excluding carboxylic acids is 1. The number of fused-ring (bicyclic) bond motifs is 1. The van der Waals surface area contributed by atoms with E-state index in [0.29, 0.717) is 27.8 Å². The monoisotopic (exact) mass is 395 g/mol. The van der Waals surface area contributed by atoms with Crippen molar-refractivity contribution in [1.29, 1.82) is 0 Å². The first-order chi connectivity index (χ1) is 13.5. The van der Waals surface area contributed by atoms with Crippen LogP contribution in [0, 0.1) is 6.92 Å². The molecule has 9 heteroatoms. The summed E-state index contributed by atoms with van der Waals surface area (Å²) in [7, 11) is 0. The molecular weight excluding hydrogens is 378 g/mol. The van der Waals surface area contributed by atoms with Gasteiger partial charge in [-0.3, -0.25) is 4.79 Å². The topological polar surface area (TPSA) is 117 Å². The minimum absolute atomic E-state index is 0.210. The number of anilines is 1. The minimum Gasteiger partial charge on any atom is -0.411 e. The lowest BCUT2D eigenvalue weighted by atomic mass is 10.1. The maximum Gasteiger partial charge on any atom is 0.323 e. The van der Waals surface area contributed by atoms with Gasteiger partial charge in [0.1, 0.15) is 0 Å². The van der Waals surface area contributed by atoms with E-state index < -0.39 is 5.25 Å². The van der Waals surface area contributed by atoms with Gasteiger partial charge < -0.3 is 19.7 Å². The molecule has 0 unspecified atom stereocenters. The van der Waals surface area contributed by atoms with Gasteiger partial charge in [0.2, 0.25) is 11.8 Å². The van der Waals surface area contributed by atoms with Crippen LogP contribution in [0.15, 0.2) is 56.9 Å². The second-order valence-electron chi connectivity index (χ2n) is 6.28. The number of aromatic amines is 2. The number of H-pyrrole nitrogens is 2. The van der Waals surface area contributed by atoms with Gasteiger partial charge in [0.05, 0.1) is 16.3 Å². The Balaban J connectivity index is 1.44. The Kier molecular flexibility index (Phi) is 4.74. The van der Waals surface area contributed by atoms with Crippen LogP contribution < -0.4 is 11.0 Å². The van der Waals surface area contributed by atoms with E-state index in [2.05, 4.69) is 25.5 Å². The van der Waals surface area contributed by atoms with Gasteiger partial charge in [0, 0.05) is 11.3 Å². The Labute approximate surface area is 163 Å². The molecule has 4 rings (SSSR count). The van der Waals surface area contributed by atoms with Crippen molar-refractivity contribution in [2.45, 2.75) is 24.3 Å². The molecule has 0 saturated carbocycles. The SMILES string of the molecule is Cc1ccccc1-c1nnc(S[C@H](C)C(=O)Nc2ccc3[nH]c(=O)[nH]c3c2)o1. The predicted octanol–water partition coefficient (Wildman–Crippen LogP) is 3.33. The fourth-order valence-corrected chi connectivity index (χ4v) is 3.42. The molecule has 8 nitrogen and oxygen atoms in total. The molecule has 0 radical (unpaired) electrons. The Morgan fingerprint density at radius 1 is 1.14 bits per heavy atom. The molecular formula is C19H17N5O3S. The minimum atomic E-state index is -0.453. The zero-order chi connectivity index (χ0) is 19.7. The maximum atomic E-state index is 12.5. The third kappa shape index (κ3) is 3.70. The lowest BCUT2D eigenvalue weighted by Crippen LogP contribution is -2.22. The van der Waals surface area contributed by atoms with Gasteiger partial charge in [-0.05, 0) is 43.7 Å². The highest BCUT2D eigenvalue weighted by Crippen LogP contribution is 2.28. The Morgan fingerprint density at radius 3 is 2.75 bits per heavy atom. The van der Waals surface area contributed by atoms with E-state index in [-0.39, 0.29) is 11.6 Å². The van der Waals surface area contributed by atoms with Crippen LogP contribution >= 0.6 is 11.8 Å². The summed E-state index contributed by atoms with van der Waals surface area (Å²) < 4.78 is 5.70. The molecule has 142 valence electrons. The molecule has 2 aromatic heterocycles. The van der Waals surface area contributed by atoms with Crippen LogP contribution in [0.5, 0.6) is 0 Å². The molecule has 0 aliphatic heterocycles. The number of aryl methyl sites for hydroxylation is 1. The van der Waals surface area contributed by atoms with Gasteiger partial charge in [-0.2, -0.15) is 0 Å². The molecule has 2 aromatic carbocycles. The van der Waals surface area contributed by atoms with E-state index >= 15 is 0 Å². The number of nitrogens with one attached hydrogen (secondary N) is 3. The fourth-order valence-electron chi connectivity index (χ4n) is 2.74. The van der Waals surface area contributed by atoms with E-state index in [1.807, 2.05) is 31.2 Å². The first kappa shape index (κ1) is 18.1. The van der Waals surface area contributed by atoms with E-state index in [1.54, 1.807) is 25.1 Å². The number of aromatic nitrogens is 4. The van der Waals surface area contributed by atoms with E-state index in [9.17, 15) is 9.59 Å². The molecule has 0 aliphatic rings. The van der Waals surface area contributed by atoms with Crippen LogP contribution in [0.3, 0.4) is 0 Å². The highest BCUT2D eigenvalue weighted by molar-refractivity contribution is 8.00. The fraction of sp³-hybridized carbons (Fsp3) is 0.158. The van der Waals surface area contributed by atoms with Crippen LogP contribution in [0.1, 0.15) is 12.5 Å². The first-order valence-corrected chi connectivity index (χ1v) is 9.46. The van der Waals surface area contributed by atoms with Crippen molar-refractivity contribution in [2.75, 3.05) is 5.32 Å². The number of imidazole rings is 1. The van der Waals surface area contributed by atoms with Gasteiger partial charge in [-0.25, -0.2) is 4.79 Å². The Morgan fingerprint density at radius 2 is 1.93 bits per heavy atom. The summed E-state index contributed by atoms with van der Waals surface area (Å²) in [6.07, 6.45) is 0. The lowest BCUT2D eigenvalue weighted by molar-refractivity contribution is -0.115. The standard InChI is InChI=1S/C19H17N5O3S/c1-10-5-3-4-6-13(10)17-23-24-19(27-17)28-11(2)16(25)20-12-7-8-14-15(9-12)22-18(26)21-14/h3-9,11H,1-2H3,(H,20,25)(H2,21,22,26)/t11-/m1/s1. The van der Waals surface area contributed by atoms with Crippen molar-refractivity contribution in [3.63, 3.8) is 0 Å². The molecule has 1 amide bonds. The summed E-state index contributed by atoms with van der Waals surface area (Å²) in [5, 5.41) is 10.8. The Hall–Kier alpha value is -3.33. The van der Waals surface area contributed by atoms with Crippen LogP contribution in [0.4, 0.5) is 5.69 Å². The van der Waals surface area contributed by atoms with Crippen LogP contribution in [0.25, 0.3) is 22.5 Å². The highest BCUT2D eigenvalue weighted by Gasteiger charge is 2.19. The number of benzene rings is 2. The van der Waals surface area contributed by atoms with Crippen molar-refractivity contribution < 1.29 is 9.21 Å². The number of nitrogens with zero attached hydrogens (tertiary/aromatic N) is 2. The normalized spacial score (nSPS) is 12.2. The summed E-state index contributed by atoms with van der Waals surface area (Å²) in [5.74, 6) is 0.216. The molecule has 3 N–H and O–H groups in total.